The zero-order valence-electron chi connectivity index (χ0n) is 7.51. The smallest absolute Gasteiger partial charge is 0.522 e. The van der Waals surface area contributed by atoms with E-state index in [0.717, 1.165) is 0 Å². The van der Waals surface area contributed by atoms with Crippen LogP contribution < -0.4 is 56.1 Å². The molecule has 72 valence electrons. The summed E-state index contributed by atoms with van der Waals surface area (Å²) >= 11 is 5.54. The monoisotopic (exact) mass is 248 g/mol. The van der Waals surface area contributed by atoms with Gasteiger partial charge in [-0.15, -0.1) is 0 Å². The van der Waals surface area contributed by atoms with Gasteiger partial charge in [0, 0.05) is 5.02 Å². The minimum Gasteiger partial charge on any atom is -0.522 e. The quantitative estimate of drug-likeness (QED) is 0.690. The van der Waals surface area contributed by atoms with E-state index in [4.69, 9.17) is 11.6 Å². The summed E-state index contributed by atoms with van der Waals surface area (Å²) in [6, 6.07) is 5.85. The molecule has 0 spiro atoms. The van der Waals surface area contributed by atoms with Crippen LogP contribution in [0.15, 0.2) is 24.3 Å². The zero-order chi connectivity index (χ0) is 9.90. The summed E-state index contributed by atoms with van der Waals surface area (Å²) in [6.07, 6.45) is 0. The van der Waals surface area contributed by atoms with Crippen molar-refractivity contribution in [3.63, 3.8) is 0 Å². The Labute approximate surface area is 127 Å². The topological polar surface area (TPSA) is 9.23 Å². The molecule has 0 aliphatic heterocycles. The molecule has 0 aliphatic rings. The van der Waals surface area contributed by atoms with E-state index in [1.807, 2.05) is 0 Å². The Morgan fingerprint density at radius 3 is 2.43 bits per heavy atom. The molecule has 0 amide bonds. The second-order valence-corrected chi connectivity index (χ2v) is 2.92. The maximum atomic E-state index is 11.7. The second kappa shape index (κ2) is 6.40. The van der Waals surface area contributed by atoms with Crippen LogP contribution in [0.25, 0.3) is 0 Å². The zero-order valence-corrected chi connectivity index (χ0v) is 11.4. The first-order valence-corrected chi connectivity index (χ1v) is 3.94. The van der Waals surface area contributed by atoms with Crippen molar-refractivity contribution in [1.82, 2.24) is 0 Å². The maximum Gasteiger partial charge on any atom is 1.00 e. The van der Waals surface area contributed by atoms with Crippen LogP contribution in [-0.2, 0) is 0 Å². The van der Waals surface area contributed by atoms with Crippen molar-refractivity contribution in [3.05, 3.63) is 29.3 Å². The number of benzene rings is 1. The summed E-state index contributed by atoms with van der Waals surface area (Å²) in [6.45, 7) is -6.14. The van der Waals surface area contributed by atoms with E-state index in [9.17, 15) is 12.9 Å². The van der Waals surface area contributed by atoms with E-state index in [1.165, 1.54) is 18.2 Å². The van der Waals surface area contributed by atoms with Gasteiger partial charge < -0.3 is 17.7 Å². The van der Waals surface area contributed by atoms with Crippen LogP contribution in [-0.4, -0.2) is 13.5 Å². The molecule has 1 nitrogen and oxygen atoms in total. The third-order valence-corrected chi connectivity index (χ3v) is 1.47. The molecule has 0 atom stereocenters. The van der Waals surface area contributed by atoms with E-state index >= 15 is 0 Å². The third-order valence-electron chi connectivity index (χ3n) is 1.24. The summed E-state index contributed by atoms with van der Waals surface area (Å²) in [7, 11) is 0. The standard InChI is InChI=1S/C7H6BClF3O.K/c9-6-2-1-3-7(4-6)13-5-8(10,11)12;/h1-4H,5H2;/q-1;+1. The molecule has 0 radical (unpaired) electrons. The van der Waals surface area contributed by atoms with Crippen molar-refractivity contribution in [1.29, 1.82) is 0 Å². The normalized spacial score (nSPS) is 10.6. The molecule has 0 aromatic heterocycles. The molecule has 0 N–H and O–H groups in total. The van der Waals surface area contributed by atoms with Gasteiger partial charge in [0.15, 0.2) is 0 Å². The summed E-state index contributed by atoms with van der Waals surface area (Å²) in [5, 5.41) is 0.354. The summed E-state index contributed by atoms with van der Waals surface area (Å²) < 4.78 is 39.7. The van der Waals surface area contributed by atoms with E-state index in [-0.39, 0.29) is 57.1 Å². The predicted octanol–water partition coefficient (Wildman–Crippen LogP) is 0.109. The van der Waals surface area contributed by atoms with Gasteiger partial charge in [0.1, 0.15) is 5.75 Å². The van der Waals surface area contributed by atoms with Gasteiger partial charge in [-0.3, -0.25) is 0 Å². The fourth-order valence-electron chi connectivity index (χ4n) is 0.747. The van der Waals surface area contributed by atoms with Crippen LogP contribution in [0.3, 0.4) is 0 Å². The van der Waals surface area contributed by atoms with E-state index in [0.29, 0.717) is 5.02 Å². The van der Waals surface area contributed by atoms with Gasteiger partial charge in [0.25, 0.3) is 0 Å². The van der Waals surface area contributed by atoms with E-state index in [1.54, 1.807) is 6.07 Å². The molecule has 14 heavy (non-hydrogen) atoms. The van der Waals surface area contributed by atoms with E-state index in [2.05, 4.69) is 4.74 Å². The number of halogens is 4. The summed E-state index contributed by atoms with van der Waals surface area (Å²) in [4.78, 5) is 0. The van der Waals surface area contributed by atoms with Crippen molar-refractivity contribution in [2.24, 2.45) is 0 Å². The van der Waals surface area contributed by atoms with Gasteiger partial charge in [-0.1, -0.05) is 17.7 Å². The Kier molecular flexibility index (Phi) is 6.76. The summed E-state index contributed by atoms with van der Waals surface area (Å²) in [5.41, 5.74) is 0. The van der Waals surface area contributed by atoms with Crippen molar-refractivity contribution in [2.45, 2.75) is 0 Å². The Hall–Kier alpha value is 0.801. The Balaban J connectivity index is 0.00000169. The van der Waals surface area contributed by atoms with Gasteiger partial charge in [-0.25, -0.2) is 0 Å². The first-order valence-electron chi connectivity index (χ1n) is 3.57. The minimum atomic E-state index is -4.90. The molecule has 0 saturated heterocycles. The van der Waals surface area contributed by atoms with Crippen LogP contribution in [0.2, 0.25) is 5.02 Å². The molecule has 1 aromatic rings. The summed E-state index contributed by atoms with van der Waals surface area (Å²) in [5.74, 6) is 0.131. The molecular weight excluding hydrogens is 242 g/mol. The van der Waals surface area contributed by atoms with Gasteiger partial charge in [-0.05, 0) is 18.2 Å². The molecule has 1 aromatic carbocycles. The molecule has 0 heterocycles. The average Bonchev–Trinajstić information content (AvgIpc) is 2.00. The van der Waals surface area contributed by atoms with Gasteiger partial charge in [-0.2, -0.15) is 0 Å². The van der Waals surface area contributed by atoms with Crippen LogP contribution in [0.1, 0.15) is 0 Å². The second-order valence-electron chi connectivity index (χ2n) is 2.48. The van der Waals surface area contributed by atoms with Crippen LogP contribution in [0.5, 0.6) is 5.75 Å². The van der Waals surface area contributed by atoms with Gasteiger partial charge in [0.2, 0.25) is 0 Å². The Morgan fingerprint density at radius 1 is 1.29 bits per heavy atom. The van der Waals surface area contributed by atoms with Crippen LogP contribution in [0.4, 0.5) is 12.9 Å². The largest absolute Gasteiger partial charge is 1.00 e. The Bertz CT molecular complexity index is 295. The van der Waals surface area contributed by atoms with Crippen molar-refractivity contribution >= 4 is 18.6 Å². The maximum absolute atomic E-state index is 11.7. The molecule has 1 rings (SSSR count). The van der Waals surface area contributed by atoms with Crippen molar-refractivity contribution in [3.8, 4) is 5.75 Å². The molecule has 0 saturated carbocycles. The number of rotatable bonds is 3. The van der Waals surface area contributed by atoms with Crippen molar-refractivity contribution < 1.29 is 69.1 Å². The Morgan fingerprint density at radius 2 is 1.93 bits per heavy atom. The van der Waals surface area contributed by atoms with Crippen LogP contribution >= 0.6 is 11.6 Å². The fraction of sp³-hybridized carbons (Fsp3) is 0.143. The van der Waals surface area contributed by atoms with Crippen LogP contribution in [0, 0.1) is 0 Å². The molecule has 0 fully saturated rings. The molecule has 7 heteroatoms. The number of hydrogen-bond acceptors (Lipinski definition) is 1. The molecule has 0 unspecified atom stereocenters. The van der Waals surface area contributed by atoms with Crippen molar-refractivity contribution in [2.75, 3.05) is 6.51 Å². The number of ether oxygens (including phenoxy) is 1. The first-order chi connectivity index (χ1) is 5.97. The van der Waals surface area contributed by atoms with Gasteiger partial charge in [0.05, 0.1) is 6.51 Å². The van der Waals surface area contributed by atoms with Gasteiger partial charge >= 0.3 is 58.4 Å². The fourth-order valence-corrected chi connectivity index (χ4v) is 0.928. The molecule has 0 aliphatic carbocycles. The predicted molar refractivity (Wildman–Crippen MR) is 46.0 cm³/mol. The third kappa shape index (κ3) is 6.32. The van der Waals surface area contributed by atoms with E-state index < -0.39 is 13.5 Å². The molecular formula is C7H6BClF3KO. The number of hydrogen-bond donors (Lipinski definition) is 0. The molecule has 0 bridgehead atoms. The minimum absolute atomic E-state index is 0. The first kappa shape index (κ1) is 14.8. The average molecular weight is 248 g/mol. The SMILES string of the molecule is F[B-](F)(F)COc1cccc(Cl)c1.[K+].